The molecule has 0 aliphatic heterocycles. The van der Waals surface area contributed by atoms with Crippen molar-refractivity contribution < 1.29 is 19.1 Å². The number of esters is 2. The van der Waals surface area contributed by atoms with Gasteiger partial charge in [-0.05, 0) is 24.3 Å². The van der Waals surface area contributed by atoms with Crippen molar-refractivity contribution in [3.05, 3.63) is 42.5 Å². The molecular formula is C24H32O4. The molecule has 0 heterocycles. The summed E-state index contributed by atoms with van der Waals surface area (Å²) < 4.78 is 10.7. The van der Waals surface area contributed by atoms with Crippen LogP contribution in [0.5, 0.6) is 5.75 Å². The Labute approximate surface area is 168 Å². The Hall–Kier alpha value is -2.36. The minimum Gasteiger partial charge on any atom is -0.466 e. The summed E-state index contributed by atoms with van der Waals surface area (Å²) in [6.45, 7) is 2.69. The molecule has 0 saturated carbocycles. The quantitative estimate of drug-likeness (QED) is 0.234. The molecule has 0 atom stereocenters. The van der Waals surface area contributed by atoms with Gasteiger partial charge in [0.25, 0.3) is 0 Å². The number of unbranched alkanes of at least 4 members (excludes halogenated alkanes) is 6. The number of fused-ring (bicyclic) bond motifs is 1. The van der Waals surface area contributed by atoms with Gasteiger partial charge in [0.15, 0.2) is 0 Å². The van der Waals surface area contributed by atoms with Crippen molar-refractivity contribution in [3.63, 3.8) is 0 Å². The standard InChI is InChI=1S/C24H32O4/c1-2-3-4-5-6-7-10-19-27-23(25)17-12-18-24(26)28-22-16-11-14-20-13-8-9-15-21(20)22/h8-9,11,13-16H,2-7,10,12,17-19H2,1H3. The van der Waals surface area contributed by atoms with Gasteiger partial charge in [-0.1, -0.05) is 81.8 Å². The van der Waals surface area contributed by atoms with Crippen LogP contribution in [-0.2, 0) is 14.3 Å². The third-order valence-corrected chi connectivity index (χ3v) is 4.75. The lowest BCUT2D eigenvalue weighted by molar-refractivity contribution is -0.144. The van der Waals surface area contributed by atoms with Crippen molar-refractivity contribution in [3.8, 4) is 5.75 Å². The fourth-order valence-corrected chi connectivity index (χ4v) is 3.15. The smallest absolute Gasteiger partial charge is 0.311 e. The third kappa shape index (κ3) is 8.12. The van der Waals surface area contributed by atoms with E-state index in [0.717, 1.165) is 23.6 Å². The van der Waals surface area contributed by atoms with Crippen molar-refractivity contribution >= 4 is 22.7 Å². The summed E-state index contributed by atoms with van der Waals surface area (Å²) in [6.07, 6.45) is 9.25. The lowest BCUT2D eigenvalue weighted by Gasteiger charge is -2.08. The highest BCUT2D eigenvalue weighted by molar-refractivity contribution is 5.90. The normalized spacial score (nSPS) is 10.8. The van der Waals surface area contributed by atoms with E-state index < -0.39 is 0 Å². The topological polar surface area (TPSA) is 52.6 Å². The lowest BCUT2D eigenvalue weighted by atomic mass is 10.1. The summed E-state index contributed by atoms with van der Waals surface area (Å²) in [6, 6.07) is 13.4. The first kappa shape index (κ1) is 21.9. The molecule has 0 bridgehead atoms. The van der Waals surface area contributed by atoms with Crippen LogP contribution in [0.3, 0.4) is 0 Å². The zero-order chi connectivity index (χ0) is 20.0. The number of hydrogen-bond donors (Lipinski definition) is 0. The number of rotatable bonds is 13. The van der Waals surface area contributed by atoms with E-state index >= 15 is 0 Å². The lowest BCUT2D eigenvalue weighted by Crippen LogP contribution is -2.10. The highest BCUT2D eigenvalue weighted by Crippen LogP contribution is 2.25. The van der Waals surface area contributed by atoms with Crippen molar-refractivity contribution in [2.24, 2.45) is 0 Å². The van der Waals surface area contributed by atoms with Crippen LogP contribution in [0.4, 0.5) is 0 Å². The van der Waals surface area contributed by atoms with E-state index in [-0.39, 0.29) is 24.8 Å². The second-order valence-electron chi connectivity index (χ2n) is 7.15. The molecule has 0 aliphatic rings. The molecule has 0 aromatic heterocycles. The summed E-state index contributed by atoms with van der Waals surface area (Å²) in [7, 11) is 0. The number of carbonyl (C=O) groups excluding carboxylic acids is 2. The Morgan fingerprint density at radius 1 is 0.750 bits per heavy atom. The largest absolute Gasteiger partial charge is 0.466 e. The molecule has 4 heteroatoms. The van der Waals surface area contributed by atoms with Crippen LogP contribution in [0.2, 0.25) is 0 Å². The van der Waals surface area contributed by atoms with Gasteiger partial charge in [-0.3, -0.25) is 9.59 Å². The molecule has 2 aromatic rings. The van der Waals surface area contributed by atoms with E-state index in [0.29, 0.717) is 18.8 Å². The van der Waals surface area contributed by atoms with E-state index in [2.05, 4.69) is 6.92 Å². The maximum absolute atomic E-state index is 12.1. The summed E-state index contributed by atoms with van der Waals surface area (Å²) in [5, 5.41) is 1.94. The van der Waals surface area contributed by atoms with Crippen LogP contribution >= 0.6 is 0 Å². The van der Waals surface area contributed by atoms with Crippen molar-refractivity contribution in [1.29, 1.82) is 0 Å². The van der Waals surface area contributed by atoms with Gasteiger partial charge in [0.05, 0.1) is 6.61 Å². The van der Waals surface area contributed by atoms with E-state index in [1.807, 2.05) is 36.4 Å². The minimum atomic E-state index is -0.323. The Balaban J connectivity index is 1.57. The van der Waals surface area contributed by atoms with Crippen LogP contribution in [-0.4, -0.2) is 18.5 Å². The van der Waals surface area contributed by atoms with Gasteiger partial charge in [0.1, 0.15) is 5.75 Å². The van der Waals surface area contributed by atoms with Crippen LogP contribution in [0.1, 0.15) is 71.1 Å². The maximum atomic E-state index is 12.1. The third-order valence-electron chi connectivity index (χ3n) is 4.75. The molecule has 0 aliphatic carbocycles. The first-order valence-corrected chi connectivity index (χ1v) is 10.5. The van der Waals surface area contributed by atoms with Crippen molar-refractivity contribution in [2.75, 3.05) is 6.61 Å². The Bertz CT molecular complexity index is 733. The predicted octanol–water partition coefficient (Wildman–Crippen LogP) is 6.21. The average Bonchev–Trinajstić information content (AvgIpc) is 2.70. The molecule has 28 heavy (non-hydrogen) atoms. The maximum Gasteiger partial charge on any atom is 0.311 e. The molecule has 0 saturated heterocycles. The van der Waals surface area contributed by atoms with Crippen LogP contribution < -0.4 is 4.74 Å². The fourth-order valence-electron chi connectivity index (χ4n) is 3.15. The molecular weight excluding hydrogens is 352 g/mol. The van der Waals surface area contributed by atoms with Gasteiger partial charge in [0.2, 0.25) is 0 Å². The average molecular weight is 385 g/mol. The molecule has 0 N–H and O–H groups in total. The van der Waals surface area contributed by atoms with Gasteiger partial charge >= 0.3 is 11.9 Å². The molecule has 2 rings (SSSR count). The van der Waals surface area contributed by atoms with E-state index in [9.17, 15) is 9.59 Å². The van der Waals surface area contributed by atoms with Gasteiger partial charge in [0, 0.05) is 18.2 Å². The molecule has 152 valence electrons. The first-order chi connectivity index (χ1) is 13.7. The molecule has 0 spiro atoms. The zero-order valence-corrected chi connectivity index (χ0v) is 17.0. The number of ether oxygens (including phenoxy) is 2. The van der Waals surface area contributed by atoms with E-state index in [1.165, 1.54) is 32.1 Å². The summed E-state index contributed by atoms with van der Waals surface area (Å²) >= 11 is 0. The number of carbonyl (C=O) groups is 2. The summed E-state index contributed by atoms with van der Waals surface area (Å²) in [4.78, 5) is 23.8. The first-order valence-electron chi connectivity index (χ1n) is 10.5. The number of benzene rings is 2. The minimum absolute atomic E-state index is 0.204. The van der Waals surface area contributed by atoms with Crippen molar-refractivity contribution in [1.82, 2.24) is 0 Å². The van der Waals surface area contributed by atoms with E-state index in [1.54, 1.807) is 6.07 Å². The fraction of sp³-hybridized carbons (Fsp3) is 0.500. The Morgan fingerprint density at radius 3 is 2.25 bits per heavy atom. The second-order valence-corrected chi connectivity index (χ2v) is 7.15. The SMILES string of the molecule is CCCCCCCCCOC(=O)CCCC(=O)Oc1cccc2ccccc12. The molecule has 0 unspecified atom stereocenters. The van der Waals surface area contributed by atoms with Gasteiger partial charge in [-0.25, -0.2) is 0 Å². The molecule has 0 fully saturated rings. The Kier molecular flexibility index (Phi) is 10.1. The van der Waals surface area contributed by atoms with E-state index in [4.69, 9.17) is 9.47 Å². The van der Waals surface area contributed by atoms with Gasteiger partial charge < -0.3 is 9.47 Å². The molecule has 2 aromatic carbocycles. The Morgan fingerprint density at radius 2 is 1.43 bits per heavy atom. The van der Waals surface area contributed by atoms with Gasteiger partial charge in [-0.15, -0.1) is 0 Å². The van der Waals surface area contributed by atoms with Crippen LogP contribution in [0.25, 0.3) is 10.8 Å². The summed E-state index contributed by atoms with van der Waals surface area (Å²) in [5.74, 6) is 0.00443. The highest BCUT2D eigenvalue weighted by Gasteiger charge is 2.10. The monoisotopic (exact) mass is 384 g/mol. The molecule has 4 nitrogen and oxygen atoms in total. The van der Waals surface area contributed by atoms with Crippen molar-refractivity contribution in [2.45, 2.75) is 71.1 Å². The number of hydrogen-bond acceptors (Lipinski definition) is 4. The summed E-state index contributed by atoms with van der Waals surface area (Å²) in [5.41, 5.74) is 0. The molecule has 0 amide bonds. The highest BCUT2D eigenvalue weighted by atomic mass is 16.5. The van der Waals surface area contributed by atoms with Crippen LogP contribution in [0.15, 0.2) is 42.5 Å². The zero-order valence-electron chi connectivity index (χ0n) is 17.0. The predicted molar refractivity (Wildman–Crippen MR) is 112 cm³/mol. The van der Waals surface area contributed by atoms with Crippen LogP contribution in [0, 0.1) is 0 Å². The van der Waals surface area contributed by atoms with Gasteiger partial charge in [-0.2, -0.15) is 0 Å². The second kappa shape index (κ2) is 12.9. The molecule has 0 radical (unpaired) electrons.